The molecule has 0 atom stereocenters. The number of para-hydroxylation sites is 1. The first kappa shape index (κ1) is 15.1. The lowest BCUT2D eigenvalue weighted by Gasteiger charge is -2.19. The molecule has 0 saturated carbocycles. The van der Waals surface area contributed by atoms with Crippen LogP contribution >= 0.6 is 0 Å². The van der Waals surface area contributed by atoms with Gasteiger partial charge in [0.2, 0.25) is 0 Å². The fourth-order valence-corrected chi connectivity index (χ4v) is 3.70. The molecule has 0 unspecified atom stereocenters. The Morgan fingerprint density at radius 2 is 1.71 bits per heavy atom. The van der Waals surface area contributed by atoms with Gasteiger partial charge in [-0.3, -0.25) is 4.31 Å². The molecule has 0 amide bonds. The van der Waals surface area contributed by atoms with Crippen molar-refractivity contribution < 1.29 is 22.7 Å². The number of anilines is 1. The van der Waals surface area contributed by atoms with Crippen molar-refractivity contribution in [2.24, 2.45) is 0 Å². The van der Waals surface area contributed by atoms with Crippen molar-refractivity contribution in [2.45, 2.75) is 18.7 Å². The number of rotatable bonds is 4. The van der Waals surface area contributed by atoms with Gasteiger partial charge in [0.25, 0.3) is 10.0 Å². The first-order valence-electron chi connectivity index (χ1n) is 6.14. The summed E-state index contributed by atoms with van der Waals surface area (Å²) in [5, 5.41) is 9.23. The zero-order valence-corrected chi connectivity index (χ0v) is 12.6. The third-order valence-electron chi connectivity index (χ3n) is 3.16. The predicted molar refractivity (Wildman–Crippen MR) is 77.2 cm³/mol. The first-order valence-corrected chi connectivity index (χ1v) is 7.58. The Kier molecular flexibility index (Phi) is 3.78. The number of benzene rings is 1. The Labute approximate surface area is 122 Å². The molecule has 1 aromatic heterocycles. The first-order chi connectivity index (χ1) is 9.76. The summed E-state index contributed by atoms with van der Waals surface area (Å²) in [5.41, 5.74) is 0.113. The van der Waals surface area contributed by atoms with Gasteiger partial charge in [-0.1, -0.05) is 18.2 Å². The van der Waals surface area contributed by atoms with Crippen molar-refractivity contribution in [3.8, 4) is 0 Å². The van der Waals surface area contributed by atoms with Crippen LogP contribution in [0.2, 0.25) is 0 Å². The lowest BCUT2D eigenvalue weighted by atomic mass is 10.2. The van der Waals surface area contributed by atoms with Gasteiger partial charge in [-0.2, -0.15) is 0 Å². The highest BCUT2D eigenvalue weighted by Crippen LogP contribution is 2.30. The molecule has 0 aliphatic rings. The minimum atomic E-state index is -4.02. The van der Waals surface area contributed by atoms with E-state index in [1.165, 1.54) is 20.9 Å². The van der Waals surface area contributed by atoms with Crippen LogP contribution in [0.15, 0.2) is 39.6 Å². The van der Waals surface area contributed by atoms with Crippen LogP contribution in [-0.4, -0.2) is 26.5 Å². The molecular weight excluding hydrogens is 294 g/mol. The van der Waals surface area contributed by atoms with Gasteiger partial charge in [-0.05, 0) is 26.0 Å². The van der Waals surface area contributed by atoms with Gasteiger partial charge in [-0.25, -0.2) is 13.2 Å². The summed E-state index contributed by atoms with van der Waals surface area (Å²) < 4.78 is 31.6. The minimum absolute atomic E-state index is 0.0627. The van der Waals surface area contributed by atoms with E-state index in [2.05, 4.69) is 0 Å². The van der Waals surface area contributed by atoms with Crippen molar-refractivity contribution in [1.82, 2.24) is 0 Å². The van der Waals surface area contributed by atoms with E-state index in [1.54, 1.807) is 30.3 Å². The van der Waals surface area contributed by atoms with Crippen LogP contribution in [0.1, 0.15) is 21.9 Å². The second kappa shape index (κ2) is 5.25. The van der Waals surface area contributed by atoms with Gasteiger partial charge in [0.05, 0.1) is 5.69 Å². The van der Waals surface area contributed by atoms with Gasteiger partial charge in [0, 0.05) is 7.05 Å². The fraction of sp³-hybridized carbons (Fsp3) is 0.214. The van der Waals surface area contributed by atoms with Gasteiger partial charge < -0.3 is 9.52 Å². The van der Waals surface area contributed by atoms with Gasteiger partial charge in [-0.15, -0.1) is 0 Å². The molecule has 7 heteroatoms. The summed E-state index contributed by atoms with van der Waals surface area (Å²) in [6, 6.07) is 8.42. The van der Waals surface area contributed by atoms with Crippen LogP contribution in [0, 0.1) is 13.8 Å². The number of carboxylic acids is 1. The van der Waals surface area contributed by atoms with Crippen molar-refractivity contribution in [3.05, 3.63) is 47.4 Å². The molecule has 0 fully saturated rings. The summed E-state index contributed by atoms with van der Waals surface area (Å²) in [7, 11) is -2.65. The van der Waals surface area contributed by atoms with E-state index in [0.29, 0.717) is 5.69 Å². The van der Waals surface area contributed by atoms with E-state index < -0.39 is 16.0 Å². The smallest absolute Gasteiger partial charge is 0.340 e. The second-order valence-corrected chi connectivity index (χ2v) is 6.44. The van der Waals surface area contributed by atoms with Crippen LogP contribution in [0.5, 0.6) is 0 Å². The summed E-state index contributed by atoms with van der Waals surface area (Å²) in [5.74, 6) is -1.20. The summed E-state index contributed by atoms with van der Waals surface area (Å²) in [6.07, 6.45) is 0. The Hall–Kier alpha value is -2.28. The normalized spacial score (nSPS) is 11.4. The molecule has 0 radical (unpaired) electrons. The predicted octanol–water partition coefficient (Wildman–Crippen LogP) is 2.42. The molecule has 0 aliphatic heterocycles. The Bertz CT molecular complexity index is 777. The monoisotopic (exact) mass is 309 g/mol. The minimum Gasteiger partial charge on any atom is -0.478 e. The zero-order valence-electron chi connectivity index (χ0n) is 11.8. The van der Waals surface area contributed by atoms with Crippen LogP contribution in [0.25, 0.3) is 0 Å². The quantitative estimate of drug-likeness (QED) is 0.937. The Balaban J connectivity index is 2.63. The van der Waals surface area contributed by atoms with Crippen LogP contribution in [0.3, 0.4) is 0 Å². The van der Waals surface area contributed by atoms with E-state index in [-0.39, 0.29) is 22.0 Å². The topological polar surface area (TPSA) is 87.8 Å². The number of aryl methyl sites for hydroxylation is 2. The maximum Gasteiger partial charge on any atom is 0.340 e. The lowest BCUT2D eigenvalue weighted by Crippen LogP contribution is -2.28. The molecule has 0 aliphatic carbocycles. The third-order valence-corrected chi connectivity index (χ3v) is 5.10. The number of carboxylic acid groups (broad SMARTS) is 1. The molecule has 0 saturated heterocycles. The molecule has 2 rings (SSSR count). The zero-order chi connectivity index (χ0) is 15.8. The van der Waals surface area contributed by atoms with Crippen molar-refractivity contribution in [2.75, 3.05) is 11.4 Å². The number of furan rings is 1. The molecule has 0 bridgehead atoms. The van der Waals surface area contributed by atoms with Crippen molar-refractivity contribution in [1.29, 1.82) is 0 Å². The number of nitrogens with zero attached hydrogens (tertiary/aromatic N) is 1. The fourth-order valence-electron chi connectivity index (χ4n) is 2.13. The van der Waals surface area contributed by atoms with E-state index in [9.17, 15) is 18.3 Å². The number of hydrogen-bond donors (Lipinski definition) is 1. The van der Waals surface area contributed by atoms with Crippen LogP contribution in [-0.2, 0) is 10.0 Å². The Morgan fingerprint density at radius 1 is 1.14 bits per heavy atom. The van der Waals surface area contributed by atoms with Crippen LogP contribution < -0.4 is 4.31 Å². The number of hydrogen-bond acceptors (Lipinski definition) is 4. The molecule has 6 nitrogen and oxygen atoms in total. The second-order valence-electron chi connectivity index (χ2n) is 4.53. The maximum atomic E-state index is 12.7. The molecule has 2 aromatic rings. The Morgan fingerprint density at radius 3 is 2.24 bits per heavy atom. The highest BCUT2D eigenvalue weighted by Gasteiger charge is 2.33. The van der Waals surface area contributed by atoms with E-state index in [0.717, 1.165) is 4.31 Å². The van der Waals surface area contributed by atoms with Gasteiger partial charge in [0.15, 0.2) is 0 Å². The SMILES string of the molecule is Cc1oc(C)c(S(=O)(=O)N(C)c2ccccc2)c1C(=O)O. The van der Waals surface area contributed by atoms with E-state index in [4.69, 9.17) is 4.42 Å². The molecule has 1 N–H and O–H groups in total. The summed E-state index contributed by atoms with van der Waals surface area (Å²) >= 11 is 0. The van der Waals surface area contributed by atoms with E-state index >= 15 is 0 Å². The average molecular weight is 309 g/mol. The van der Waals surface area contributed by atoms with Gasteiger partial charge >= 0.3 is 5.97 Å². The average Bonchev–Trinajstić information content (AvgIpc) is 2.74. The lowest BCUT2D eigenvalue weighted by molar-refractivity contribution is 0.0691. The summed E-state index contributed by atoms with van der Waals surface area (Å²) in [4.78, 5) is 11.0. The molecule has 0 spiro atoms. The number of aromatic carboxylic acids is 1. The van der Waals surface area contributed by atoms with Crippen molar-refractivity contribution >= 4 is 21.7 Å². The number of carbonyl (C=O) groups is 1. The maximum absolute atomic E-state index is 12.7. The molecule has 21 heavy (non-hydrogen) atoms. The largest absolute Gasteiger partial charge is 0.478 e. The standard InChI is InChI=1S/C14H15NO5S/c1-9-12(14(16)17)13(10(2)20-9)21(18,19)15(3)11-7-5-4-6-8-11/h4-8H,1-3H3,(H,16,17). The van der Waals surface area contributed by atoms with Crippen molar-refractivity contribution in [3.63, 3.8) is 0 Å². The highest BCUT2D eigenvalue weighted by atomic mass is 32.2. The van der Waals surface area contributed by atoms with Crippen LogP contribution in [0.4, 0.5) is 5.69 Å². The third kappa shape index (κ3) is 2.52. The number of sulfonamides is 1. The molecule has 1 aromatic carbocycles. The van der Waals surface area contributed by atoms with Gasteiger partial charge in [0.1, 0.15) is 22.0 Å². The molecule has 1 heterocycles. The summed E-state index contributed by atoms with van der Waals surface area (Å²) in [6.45, 7) is 2.86. The van der Waals surface area contributed by atoms with E-state index in [1.807, 2.05) is 0 Å². The molecular formula is C14H15NO5S. The highest BCUT2D eigenvalue weighted by molar-refractivity contribution is 7.93. The molecule has 112 valence electrons.